The lowest BCUT2D eigenvalue weighted by molar-refractivity contribution is -0.159. The van der Waals surface area contributed by atoms with Gasteiger partial charge in [0.25, 0.3) is 0 Å². The molecule has 0 amide bonds. The van der Waals surface area contributed by atoms with Crippen molar-refractivity contribution in [1.82, 2.24) is 14.9 Å². The summed E-state index contributed by atoms with van der Waals surface area (Å²) in [5.74, 6) is -2.51. The number of aromatic nitrogens is 2. The summed E-state index contributed by atoms with van der Waals surface area (Å²) in [6.45, 7) is 0. The fourth-order valence-corrected chi connectivity index (χ4v) is 3.39. The van der Waals surface area contributed by atoms with E-state index in [1.807, 2.05) is 0 Å². The van der Waals surface area contributed by atoms with Crippen LogP contribution in [0.4, 0.5) is 17.6 Å². The minimum absolute atomic E-state index is 0.0199. The lowest BCUT2D eigenvalue weighted by atomic mass is 9.98. The molecule has 12 heteroatoms. The number of hydrogen-bond donors (Lipinski definition) is 1. The van der Waals surface area contributed by atoms with Crippen LogP contribution in [0.2, 0.25) is 5.02 Å². The van der Waals surface area contributed by atoms with Gasteiger partial charge in [0.2, 0.25) is 15.8 Å². The number of sulfonamides is 1. The lowest BCUT2D eigenvalue weighted by Gasteiger charge is -2.19. The molecular weight excluding hydrogens is 438 g/mol. The smallest absolute Gasteiger partial charge is 0.329 e. The summed E-state index contributed by atoms with van der Waals surface area (Å²) < 4.78 is 82.2. The van der Waals surface area contributed by atoms with Crippen LogP contribution in [-0.4, -0.2) is 24.8 Å². The third kappa shape index (κ3) is 5.11. The van der Waals surface area contributed by atoms with Crippen molar-refractivity contribution in [3.8, 4) is 11.4 Å². The van der Waals surface area contributed by atoms with Gasteiger partial charge in [-0.25, -0.2) is 17.5 Å². The third-order valence-corrected chi connectivity index (χ3v) is 4.68. The molecule has 0 aliphatic carbocycles. The second kappa shape index (κ2) is 7.73. The van der Waals surface area contributed by atoms with E-state index in [1.165, 1.54) is 36.4 Å². The van der Waals surface area contributed by atoms with Crippen molar-refractivity contribution in [1.29, 1.82) is 0 Å². The summed E-state index contributed by atoms with van der Waals surface area (Å²) >= 11 is 5.74. The van der Waals surface area contributed by atoms with Gasteiger partial charge in [0.15, 0.2) is 0 Å². The average Bonchev–Trinajstić information content (AvgIpc) is 3.10. The molecule has 2 aromatic carbocycles. The number of nitrogens with zero attached hydrogens (tertiary/aromatic N) is 2. The quantitative estimate of drug-likeness (QED) is 0.590. The Morgan fingerprint density at radius 1 is 1.14 bits per heavy atom. The van der Waals surface area contributed by atoms with Crippen LogP contribution < -0.4 is 4.72 Å². The highest BCUT2D eigenvalue weighted by molar-refractivity contribution is 7.88. The molecule has 1 N–H and O–H groups in total. The van der Waals surface area contributed by atoms with Crippen molar-refractivity contribution in [3.05, 3.63) is 70.3 Å². The number of nitrogens with one attached hydrogen (secondary N) is 1. The monoisotopic (exact) mass is 449 g/mol. The van der Waals surface area contributed by atoms with E-state index in [0.29, 0.717) is 5.56 Å². The number of benzene rings is 2. The van der Waals surface area contributed by atoms with Gasteiger partial charge in [0.05, 0.1) is 12.3 Å². The Morgan fingerprint density at radius 2 is 1.79 bits per heavy atom. The van der Waals surface area contributed by atoms with Crippen LogP contribution in [0.3, 0.4) is 0 Å². The van der Waals surface area contributed by atoms with Gasteiger partial charge in [0, 0.05) is 16.1 Å². The van der Waals surface area contributed by atoms with Crippen molar-refractivity contribution in [3.63, 3.8) is 0 Å². The maximum atomic E-state index is 14.4. The Balaban J connectivity index is 1.98. The minimum atomic E-state index is -4.78. The van der Waals surface area contributed by atoms with E-state index in [4.69, 9.17) is 11.6 Å². The molecule has 1 unspecified atom stereocenters. The normalized spacial score (nSPS) is 13.4. The van der Waals surface area contributed by atoms with Gasteiger partial charge < -0.3 is 4.52 Å². The minimum Gasteiger partial charge on any atom is -0.329 e. The van der Waals surface area contributed by atoms with Gasteiger partial charge in [0.1, 0.15) is 5.82 Å². The third-order valence-electron chi connectivity index (χ3n) is 3.78. The maximum absolute atomic E-state index is 14.4. The lowest BCUT2D eigenvalue weighted by Crippen LogP contribution is -2.28. The summed E-state index contributed by atoms with van der Waals surface area (Å²) in [5, 5.41) is 3.41. The highest BCUT2D eigenvalue weighted by Crippen LogP contribution is 2.31. The molecule has 154 valence electrons. The number of hydrogen-bond acceptors (Lipinski definition) is 5. The van der Waals surface area contributed by atoms with Gasteiger partial charge in [-0.3, -0.25) is 0 Å². The molecule has 0 radical (unpaired) electrons. The molecule has 6 nitrogen and oxygen atoms in total. The molecule has 0 fully saturated rings. The van der Waals surface area contributed by atoms with Crippen molar-refractivity contribution in [2.75, 3.05) is 6.26 Å². The van der Waals surface area contributed by atoms with Gasteiger partial charge in [-0.05, 0) is 17.7 Å². The van der Waals surface area contributed by atoms with Crippen LogP contribution >= 0.6 is 11.6 Å². The van der Waals surface area contributed by atoms with Crippen LogP contribution in [0, 0.1) is 5.82 Å². The summed E-state index contributed by atoms with van der Waals surface area (Å²) in [7, 11) is -3.74. The van der Waals surface area contributed by atoms with Gasteiger partial charge in [-0.1, -0.05) is 47.1 Å². The van der Waals surface area contributed by atoms with Crippen LogP contribution in [0.5, 0.6) is 0 Å². The molecule has 3 rings (SSSR count). The van der Waals surface area contributed by atoms with Gasteiger partial charge >= 0.3 is 12.1 Å². The van der Waals surface area contributed by atoms with Crippen molar-refractivity contribution < 1.29 is 30.5 Å². The second-order valence-corrected chi connectivity index (χ2v) is 8.25. The first kappa shape index (κ1) is 21.2. The van der Waals surface area contributed by atoms with E-state index in [0.717, 1.165) is 12.3 Å². The number of rotatable bonds is 5. The summed E-state index contributed by atoms with van der Waals surface area (Å²) in [5.41, 5.74) is 0.550. The first-order valence-electron chi connectivity index (χ1n) is 7.87. The van der Waals surface area contributed by atoms with Crippen LogP contribution in [-0.2, 0) is 16.2 Å². The fourth-order valence-electron chi connectivity index (χ4n) is 2.54. The standard InChI is InChI=1S/C17H12ClF4N3O3S/c1-29(26,27)25-14(12-7-6-11(18)8-13(12)19)9-2-4-10(5-3-9)15-23-16(28-24-15)17(20,21)22/h2-8,14,25H,1H3. The van der Waals surface area contributed by atoms with Crippen molar-refractivity contribution in [2.45, 2.75) is 12.2 Å². The molecule has 29 heavy (non-hydrogen) atoms. The second-order valence-electron chi connectivity index (χ2n) is 6.03. The van der Waals surface area contributed by atoms with Crippen LogP contribution in [0.1, 0.15) is 23.1 Å². The van der Waals surface area contributed by atoms with Crippen molar-refractivity contribution in [2.24, 2.45) is 0 Å². The average molecular weight is 450 g/mol. The molecular formula is C17H12ClF4N3O3S. The predicted molar refractivity (Wildman–Crippen MR) is 96.0 cm³/mol. The molecule has 0 aliphatic heterocycles. The Morgan fingerprint density at radius 3 is 2.31 bits per heavy atom. The predicted octanol–water partition coefficient (Wildman–Crippen LogP) is 4.19. The van der Waals surface area contributed by atoms with E-state index in [1.54, 1.807) is 0 Å². The van der Waals surface area contributed by atoms with Gasteiger partial charge in [-0.15, -0.1) is 0 Å². The van der Waals surface area contributed by atoms with E-state index in [9.17, 15) is 26.0 Å². The highest BCUT2D eigenvalue weighted by Gasteiger charge is 2.38. The summed E-state index contributed by atoms with van der Waals surface area (Å²) in [6, 6.07) is 8.25. The summed E-state index contributed by atoms with van der Waals surface area (Å²) in [4.78, 5) is 3.28. The Labute approximate surface area is 167 Å². The molecule has 1 atom stereocenters. The van der Waals surface area contributed by atoms with E-state index in [-0.39, 0.29) is 22.0 Å². The van der Waals surface area contributed by atoms with E-state index < -0.39 is 33.9 Å². The zero-order valence-corrected chi connectivity index (χ0v) is 16.1. The van der Waals surface area contributed by atoms with Crippen LogP contribution in [0.15, 0.2) is 47.0 Å². The first-order chi connectivity index (χ1) is 13.4. The Hall–Kier alpha value is -2.50. The zero-order valence-electron chi connectivity index (χ0n) is 14.5. The number of halogens is 5. The maximum Gasteiger partial charge on any atom is 0.471 e. The molecule has 0 saturated heterocycles. The van der Waals surface area contributed by atoms with Crippen LogP contribution in [0.25, 0.3) is 11.4 Å². The Kier molecular flexibility index (Phi) is 5.65. The molecule has 3 aromatic rings. The largest absolute Gasteiger partial charge is 0.471 e. The highest BCUT2D eigenvalue weighted by atomic mass is 35.5. The molecule has 1 heterocycles. The Bertz CT molecular complexity index is 1130. The fraction of sp³-hybridized carbons (Fsp3) is 0.176. The molecule has 0 bridgehead atoms. The molecule has 0 spiro atoms. The SMILES string of the molecule is CS(=O)(=O)NC(c1ccc(-c2noc(C(F)(F)F)n2)cc1)c1ccc(Cl)cc1F. The van der Waals surface area contributed by atoms with Crippen molar-refractivity contribution >= 4 is 21.6 Å². The van der Waals surface area contributed by atoms with E-state index in [2.05, 4.69) is 19.4 Å². The summed E-state index contributed by atoms with van der Waals surface area (Å²) in [6.07, 6.45) is -3.86. The molecule has 0 aliphatic rings. The first-order valence-corrected chi connectivity index (χ1v) is 10.1. The number of alkyl halides is 3. The van der Waals surface area contributed by atoms with Gasteiger partial charge in [-0.2, -0.15) is 18.2 Å². The zero-order chi connectivity index (χ0) is 21.4. The van der Waals surface area contributed by atoms with E-state index >= 15 is 0 Å². The molecule has 1 aromatic heterocycles. The topological polar surface area (TPSA) is 85.1 Å². The molecule has 0 saturated carbocycles.